The number of benzene rings is 2. The number of aromatic nitrogens is 1. The van der Waals surface area contributed by atoms with E-state index in [0.29, 0.717) is 11.1 Å². The van der Waals surface area contributed by atoms with Crippen molar-refractivity contribution in [3.63, 3.8) is 0 Å². The molecule has 0 aliphatic rings. The molecule has 1 heterocycles. The predicted molar refractivity (Wildman–Crippen MR) is 76.3 cm³/mol. The molecule has 0 aliphatic carbocycles. The molecular weight excluding hydrogens is 272 g/mol. The van der Waals surface area contributed by atoms with Gasteiger partial charge >= 0.3 is 0 Å². The van der Waals surface area contributed by atoms with E-state index in [9.17, 15) is 13.6 Å². The number of nitrogens with zero attached hydrogens (tertiary/aromatic N) is 1. The lowest BCUT2D eigenvalue weighted by Gasteiger charge is -2.06. The van der Waals surface area contributed by atoms with Gasteiger partial charge in [0.2, 0.25) is 0 Å². The minimum absolute atomic E-state index is 0.135. The molecule has 104 valence electrons. The molecule has 0 unspecified atom stereocenters. The molecular formula is C17H11F2NO. The van der Waals surface area contributed by atoms with Gasteiger partial charge in [0.1, 0.15) is 11.6 Å². The van der Waals surface area contributed by atoms with Crippen LogP contribution < -0.4 is 0 Å². The van der Waals surface area contributed by atoms with Crippen molar-refractivity contribution in [2.45, 2.75) is 6.92 Å². The zero-order valence-electron chi connectivity index (χ0n) is 11.2. The van der Waals surface area contributed by atoms with Crippen molar-refractivity contribution in [3.8, 4) is 0 Å². The lowest BCUT2D eigenvalue weighted by atomic mass is 9.99. The molecule has 4 heteroatoms. The number of aryl methyl sites for hydroxylation is 1. The predicted octanol–water partition coefficient (Wildman–Crippen LogP) is 4.05. The fraction of sp³-hybridized carbons (Fsp3) is 0.0588. The summed E-state index contributed by atoms with van der Waals surface area (Å²) in [5.41, 5.74) is 1.08. The van der Waals surface area contributed by atoms with E-state index in [1.165, 1.54) is 13.0 Å². The summed E-state index contributed by atoms with van der Waals surface area (Å²) in [4.78, 5) is 16.6. The Balaban J connectivity index is 2.10. The Bertz CT molecular complexity index is 859. The van der Waals surface area contributed by atoms with E-state index in [0.717, 1.165) is 11.5 Å². The van der Waals surface area contributed by atoms with Gasteiger partial charge in [0.05, 0.1) is 11.1 Å². The van der Waals surface area contributed by atoms with Crippen molar-refractivity contribution >= 4 is 16.7 Å². The van der Waals surface area contributed by atoms with Crippen LogP contribution in [0.2, 0.25) is 0 Å². The van der Waals surface area contributed by atoms with Crippen LogP contribution in [0.5, 0.6) is 0 Å². The van der Waals surface area contributed by atoms with E-state index < -0.39 is 17.4 Å². The van der Waals surface area contributed by atoms with Crippen LogP contribution in [-0.2, 0) is 0 Å². The largest absolute Gasteiger partial charge is 0.288 e. The number of carbonyl (C=O) groups excluding carboxylic acids is 1. The zero-order chi connectivity index (χ0) is 15.0. The highest BCUT2D eigenvalue weighted by atomic mass is 19.1. The number of pyridine rings is 1. The molecule has 0 radical (unpaired) electrons. The number of halogens is 2. The molecule has 0 fully saturated rings. The number of hydrogen-bond donors (Lipinski definition) is 0. The summed E-state index contributed by atoms with van der Waals surface area (Å²) in [6.45, 7) is 1.49. The molecule has 3 rings (SSSR count). The van der Waals surface area contributed by atoms with Gasteiger partial charge in [-0.25, -0.2) is 8.78 Å². The fourth-order valence-electron chi connectivity index (χ4n) is 2.19. The molecule has 2 aromatic carbocycles. The Morgan fingerprint density at radius 2 is 1.86 bits per heavy atom. The minimum Gasteiger partial charge on any atom is -0.288 e. The zero-order valence-corrected chi connectivity index (χ0v) is 11.2. The Kier molecular flexibility index (Phi) is 3.22. The molecule has 0 bridgehead atoms. The molecule has 3 aromatic rings. The minimum atomic E-state index is -0.857. The van der Waals surface area contributed by atoms with E-state index in [2.05, 4.69) is 4.98 Å². The normalized spacial score (nSPS) is 10.8. The number of carbonyl (C=O) groups is 1. The van der Waals surface area contributed by atoms with E-state index >= 15 is 0 Å². The molecule has 0 atom stereocenters. The average molecular weight is 283 g/mol. The second-order valence-corrected chi connectivity index (χ2v) is 4.82. The molecule has 0 saturated heterocycles. The third kappa shape index (κ3) is 2.40. The van der Waals surface area contributed by atoms with Gasteiger partial charge in [-0.15, -0.1) is 0 Å². The molecule has 21 heavy (non-hydrogen) atoms. The van der Waals surface area contributed by atoms with E-state index in [1.807, 2.05) is 6.07 Å². The standard InChI is InChI=1S/C17H11F2NO/c1-10-7-13(15(19)9-14(10)18)17(21)12-5-4-11-3-2-6-20-16(11)8-12/h2-9H,1H3. The van der Waals surface area contributed by atoms with Gasteiger partial charge in [0.15, 0.2) is 5.78 Å². The highest BCUT2D eigenvalue weighted by Gasteiger charge is 2.16. The number of rotatable bonds is 2. The first-order chi connectivity index (χ1) is 10.1. The van der Waals surface area contributed by atoms with E-state index in [-0.39, 0.29) is 11.1 Å². The van der Waals surface area contributed by atoms with Crippen molar-refractivity contribution in [1.29, 1.82) is 0 Å². The van der Waals surface area contributed by atoms with Gasteiger partial charge in [-0.2, -0.15) is 0 Å². The molecule has 0 aliphatic heterocycles. The Labute approximate surface area is 120 Å². The van der Waals surface area contributed by atoms with Gasteiger partial charge in [-0.1, -0.05) is 18.2 Å². The SMILES string of the molecule is Cc1cc(C(=O)c2ccc3cccnc3c2)c(F)cc1F. The van der Waals surface area contributed by atoms with Crippen LogP contribution in [0.4, 0.5) is 8.78 Å². The third-order valence-electron chi connectivity index (χ3n) is 3.36. The van der Waals surface area contributed by atoms with Gasteiger partial charge in [-0.05, 0) is 30.7 Å². The van der Waals surface area contributed by atoms with Crippen LogP contribution in [0.15, 0.2) is 48.7 Å². The summed E-state index contributed by atoms with van der Waals surface area (Å²) in [6, 6.07) is 10.6. The third-order valence-corrected chi connectivity index (χ3v) is 3.36. The van der Waals surface area contributed by atoms with Crippen LogP contribution >= 0.6 is 0 Å². The lowest BCUT2D eigenvalue weighted by Crippen LogP contribution is -2.06. The average Bonchev–Trinajstić information content (AvgIpc) is 2.50. The summed E-state index contributed by atoms with van der Waals surface area (Å²) in [5, 5.41) is 0.893. The fourth-order valence-corrected chi connectivity index (χ4v) is 2.19. The maximum Gasteiger partial charge on any atom is 0.196 e. The van der Waals surface area contributed by atoms with Gasteiger partial charge in [-0.3, -0.25) is 9.78 Å². The Morgan fingerprint density at radius 3 is 2.67 bits per heavy atom. The van der Waals surface area contributed by atoms with E-state index in [4.69, 9.17) is 0 Å². The van der Waals surface area contributed by atoms with Gasteiger partial charge in [0, 0.05) is 23.2 Å². The van der Waals surface area contributed by atoms with Crippen molar-refractivity contribution in [3.05, 3.63) is 77.0 Å². The van der Waals surface area contributed by atoms with E-state index in [1.54, 1.807) is 30.5 Å². The molecule has 0 saturated carbocycles. The van der Waals surface area contributed by atoms with Crippen molar-refractivity contribution in [1.82, 2.24) is 4.98 Å². The summed E-state index contributed by atoms with van der Waals surface area (Å²) < 4.78 is 27.1. The summed E-state index contributed by atoms with van der Waals surface area (Å²) in [5.74, 6) is -2.00. The summed E-state index contributed by atoms with van der Waals surface area (Å²) in [7, 11) is 0. The lowest BCUT2D eigenvalue weighted by molar-refractivity contribution is 0.103. The van der Waals surface area contributed by atoms with Gasteiger partial charge in [0.25, 0.3) is 0 Å². The first-order valence-corrected chi connectivity index (χ1v) is 6.41. The monoisotopic (exact) mass is 283 g/mol. The number of ketones is 1. The smallest absolute Gasteiger partial charge is 0.196 e. The first-order valence-electron chi connectivity index (χ1n) is 6.41. The second kappa shape index (κ2) is 5.05. The molecule has 0 amide bonds. The highest BCUT2D eigenvalue weighted by molar-refractivity contribution is 6.10. The van der Waals surface area contributed by atoms with Crippen LogP contribution in [0.1, 0.15) is 21.5 Å². The summed E-state index contributed by atoms with van der Waals surface area (Å²) in [6.07, 6.45) is 1.62. The number of hydrogen-bond acceptors (Lipinski definition) is 2. The molecule has 2 nitrogen and oxygen atoms in total. The van der Waals surface area contributed by atoms with Gasteiger partial charge < -0.3 is 0 Å². The first kappa shape index (κ1) is 13.4. The molecule has 0 spiro atoms. The quantitative estimate of drug-likeness (QED) is 0.664. The molecule has 0 N–H and O–H groups in total. The maximum absolute atomic E-state index is 13.8. The van der Waals surface area contributed by atoms with Crippen molar-refractivity contribution in [2.24, 2.45) is 0 Å². The Morgan fingerprint density at radius 1 is 1.05 bits per heavy atom. The topological polar surface area (TPSA) is 30.0 Å². The maximum atomic E-state index is 13.8. The van der Waals surface area contributed by atoms with Crippen LogP contribution in [0.25, 0.3) is 10.9 Å². The summed E-state index contributed by atoms with van der Waals surface area (Å²) >= 11 is 0. The highest BCUT2D eigenvalue weighted by Crippen LogP contribution is 2.20. The van der Waals surface area contributed by atoms with Crippen LogP contribution in [0, 0.1) is 18.6 Å². The molecule has 1 aromatic heterocycles. The van der Waals surface area contributed by atoms with Crippen LogP contribution in [0.3, 0.4) is 0 Å². The Hall–Kier alpha value is -2.62. The van der Waals surface area contributed by atoms with Crippen LogP contribution in [-0.4, -0.2) is 10.8 Å². The second-order valence-electron chi connectivity index (χ2n) is 4.82. The number of fused-ring (bicyclic) bond motifs is 1. The van der Waals surface area contributed by atoms with Crippen molar-refractivity contribution in [2.75, 3.05) is 0 Å². The van der Waals surface area contributed by atoms with Crippen molar-refractivity contribution < 1.29 is 13.6 Å².